The average molecular weight is 329 g/mol. The SMILES string of the molecule is CNCc1cccc(NS(=O)(=O)c2ccc(F)c(Cl)c2)c1. The van der Waals surface area contributed by atoms with E-state index in [0.717, 1.165) is 17.7 Å². The maximum absolute atomic E-state index is 13.1. The highest BCUT2D eigenvalue weighted by Gasteiger charge is 2.16. The van der Waals surface area contributed by atoms with Crippen molar-refractivity contribution in [2.24, 2.45) is 0 Å². The molecular weight excluding hydrogens is 315 g/mol. The van der Waals surface area contributed by atoms with E-state index in [9.17, 15) is 12.8 Å². The minimum Gasteiger partial charge on any atom is -0.316 e. The monoisotopic (exact) mass is 328 g/mol. The van der Waals surface area contributed by atoms with Crippen LogP contribution >= 0.6 is 11.6 Å². The first-order chi connectivity index (χ1) is 9.92. The van der Waals surface area contributed by atoms with Crippen molar-refractivity contribution in [1.29, 1.82) is 0 Å². The normalized spacial score (nSPS) is 11.4. The van der Waals surface area contributed by atoms with Crippen molar-refractivity contribution in [2.75, 3.05) is 11.8 Å². The minimum absolute atomic E-state index is 0.0899. The highest BCUT2D eigenvalue weighted by atomic mass is 35.5. The summed E-state index contributed by atoms with van der Waals surface area (Å²) in [5.74, 6) is -0.661. The van der Waals surface area contributed by atoms with Gasteiger partial charge in [0, 0.05) is 12.2 Å². The summed E-state index contributed by atoms with van der Waals surface area (Å²) in [6.45, 7) is 0.623. The number of nitrogens with one attached hydrogen (secondary N) is 2. The second-order valence-corrected chi connectivity index (χ2v) is 6.50. The van der Waals surface area contributed by atoms with Gasteiger partial charge < -0.3 is 5.32 Å². The molecule has 0 aliphatic rings. The second-order valence-electron chi connectivity index (χ2n) is 4.41. The van der Waals surface area contributed by atoms with Crippen LogP contribution in [0.4, 0.5) is 10.1 Å². The Hall–Kier alpha value is -1.63. The van der Waals surface area contributed by atoms with Crippen molar-refractivity contribution in [3.8, 4) is 0 Å². The summed E-state index contributed by atoms with van der Waals surface area (Å²) < 4.78 is 40.0. The van der Waals surface area contributed by atoms with E-state index in [1.165, 1.54) is 6.07 Å². The number of hydrogen-bond donors (Lipinski definition) is 2. The average Bonchev–Trinajstić information content (AvgIpc) is 2.42. The van der Waals surface area contributed by atoms with Crippen molar-refractivity contribution < 1.29 is 12.8 Å². The van der Waals surface area contributed by atoms with E-state index >= 15 is 0 Å². The molecule has 0 heterocycles. The minimum atomic E-state index is -3.81. The molecule has 2 rings (SSSR count). The van der Waals surface area contributed by atoms with Gasteiger partial charge in [-0.25, -0.2) is 12.8 Å². The molecule has 112 valence electrons. The third kappa shape index (κ3) is 3.93. The summed E-state index contributed by atoms with van der Waals surface area (Å²) in [6.07, 6.45) is 0. The lowest BCUT2D eigenvalue weighted by molar-refractivity contribution is 0.599. The van der Waals surface area contributed by atoms with E-state index in [-0.39, 0.29) is 9.92 Å². The van der Waals surface area contributed by atoms with Crippen LogP contribution in [0, 0.1) is 5.82 Å². The van der Waals surface area contributed by atoms with Crippen molar-refractivity contribution in [3.05, 3.63) is 58.9 Å². The number of anilines is 1. The molecule has 0 aliphatic heterocycles. The van der Waals surface area contributed by atoms with Crippen LogP contribution in [0.3, 0.4) is 0 Å². The zero-order chi connectivity index (χ0) is 15.5. The Labute approximate surface area is 128 Å². The third-order valence-electron chi connectivity index (χ3n) is 2.76. The fourth-order valence-electron chi connectivity index (χ4n) is 1.81. The Morgan fingerprint density at radius 2 is 1.95 bits per heavy atom. The molecule has 2 aromatic rings. The largest absolute Gasteiger partial charge is 0.316 e. The van der Waals surface area contributed by atoms with Crippen LogP contribution in [-0.4, -0.2) is 15.5 Å². The maximum Gasteiger partial charge on any atom is 0.261 e. The first-order valence-electron chi connectivity index (χ1n) is 6.14. The topological polar surface area (TPSA) is 58.2 Å². The van der Waals surface area contributed by atoms with Gasteiger partial charge in [-0.05, 0) is 42.9 Å². The molecule has 0 fully saturated rings. The molecule has 0 saturated heterocycles. The first-order valence-corrected chi connectivity index (χ1v) is 8.00. The number of hydrogen-bond acceptors (Lipinski definition) is 3. The van der Waals surface area contributed by atoms with E-state index in [4.69, 9.17) is 11.6 Å². The molecule has 0 bridgehead atoms. The standard InChI is InChI=1S/C14H14ClFN2O2S/c1-17-9-10-3-2-4-11(7-10)18-21(19,20)12-5-6-14(16)13(15)8-12/h2-8,17-18H,9H2,1H3. The van der Waals surface area contributed by atoms with Gasteiger partial charge in [-0.15, -0.1) is 0 Å². The maximum atomic E-state index is 13.1. The van der Waals surface area contributed by atoms with E-state index in [2.05, 4.69) is 10.0 Å². The molecule has 0 unspecified atom stereocenters. The lowest BCUT2D eigenvalue weighted by Crippen LogP contribution is -2.13. The van der Waals surface area contributed by atoms with Gasteiger partial charge >= 0.3 is 0 Å². The summed E-state index contributed by atoms with van der Waals surface area (Å²) in [7, 11) is -2.00. The highest BCUT2D eigenvalue weighted by molar-refractivity contribution is 7.92. The Morgan fingerprint density at radius 3 is 2.62 bits per heavy atom. The lowest BCUT2D eigenvalue weighted by Gasteiger charge is -2.10. The predicted molar refractivity (Wildman–Crippen MR) is 81.4 cm³/mol. The Bertz CT molecular complexity index is 750. The van der Waals surface area contributed by atoms with Gasteiger partial charge in [0.05, 0.1) is 9.92 Å². The number of sulfonamides is 1. The van der Waals surface area contributed by atoms with Crippen molar-refractivity contribution in [2.45, 2.75) is 11.4 Å². The van der Waals surface area contributed by atoms with Gasteiger partial charge in [0.15, 0.2) is 0 Å². The van der Waals surface area contributed by atoms with Crippen LogP contribution in [0.15, 0.2) is 47.4 Å². The number of benzene rings is 2. The van der Waals surface area contributed by atoms with Crippen LogP contribution in [-0.2, 0) is 16.6 Å². The molecule has 0 amide bonds. The molecule has 21 heavy (non-hydrogen) atoms. The Morgan fingerprint density at radius 1 is 1.19 bits per heavy atom. The fraction of sp³-hybridized carbons (Fsp3) is 0.143. The molecule has 0 aromatic heterocycles. The molecule has 2 aromatic carbocycles. The first kappa shape index (κ1) is 15.8. The summed E-state index contributed by atoms with van der Waals surface area (Å²) in [6, 6.07) is 10.3. The van der Waals surface area contributed by atoms with Crippen LogP contribution in [0.25, 0.3) is 0 Å². The van der Waals surface area contributed by atoms with E-state index in [1.807, 2.05) is 6.07 Å². The van der Waals surface area contributed by atoms with Gasteiger partial charge in [-0.2, -0.15) is 0 Å². The lowest BCUT2D eigenvalue weighted by atomic mass is 10.2. The molecule has 7 heteroatoms. The third-order valence-corrected chi connectivity index (χ3v) is 4.43. The second kappa shape index (κ2) is 6.43. The van der Waals surface area contributed by atoms with Gasteiger partial charge in [0.1, 0.15) is 5.82 Å². The molecule has 0 radical (unpaired) electrons. The number of halogens is 2. The van der Waals surface area contributed by atoms with Gasteiger partial charge in [0.25, 0.3) is 10.0 Å². The van der Waals surface area contributed by atoms with E-state index in [0.29, 0.717) is 12.2 Å². The molecule has 0 spiro atoms. The number of rotatable bonds is 5. The molecule has 0 saturated carbocycles. The van der Waals surface area contributed by atoms with Gasteiger partial charge in [0.2, 0.25) is 0 Å². The Balaban J connectivity index is 2.28. The van der Waals surface area contributed by atoms with E-state index in [1.54, 1.807) is 25.2 Å². The summed E-state index contributed by atoms with van der Waals surface area (Å²) in [5, 5.41) is 2.75. The van der Waals surface area contributed by atoms with Crippen LogP contribution in [0.5, 0.6) is 0 Å². The molecule has 2 N–H and O–H groups in total. The summed E-state index contributed by atoms with van der Waals surface area (Å²) in [4.78, 5) is -0.0899. The van der Waals surface area contributed by atoms with Gasteiger partial charge in [-0.3, -0.25) is 4.72 Å². The summed E-state index contributed by atoms with van der Waals surface area (Å²) >= 11 is 5.61. The van der Waals surface area contributed by atoms with E-state index < -0.39 is 15.8 Å². The quantitative estimate of drug-likeness (QED) is 0.887. The fourth-order valence-corrected chi connectivity index (χ4v) is 3.13. The van der Waals surface area contributed by atoms with Crippen molar-refractivity contribution in [3.63, 3.8) is 0 Å². The molecule has 0 atom stereocenters. The molecular formula is C14H14ClFN2O2S. The molecule has 4 nitrogen and oxygen atoms in total. The highest BCUT2D eigenvalue weighted by Crippen LogP contribution is 2.22. The Kier molecular flexibility index (Phi) is 4.82. The van der Waals surface area contributed by atoms with Crippen LogP contribution in [0.1, 0.15) is 5.56 Å². The summed E-state index contributed by atoms with van der Waals surface area (Å²) in [5.41, 5.74) is 1.37. The van der Waals surface area contributed by atoms with Crippen molar-refractivity contribution in [1.82, 2.24) is 5.32 Å². The van der Waals surface area contributed by atoms with Gasteiger partial charge in [-0.1, -0.05) is 23.7 Å². The predicted octanol–water partition coefficient (Wildman–Crippen LogP) is 3.00. The smallest absolute Gasteiger partial charge is 0.261 e. The van der Waals surface area contributed by atoms with Crippen LogP contribution < -0.4 is 10.0 Å². The van der Waals surface area contributed by atoms with Crippen molar-refractivity contribution >= 4 is 27.3 Å². The van der Waals surface area contributed by atoms with Crippen LogP contribution in [0.2, 0.25) is 5.02 Å². The molecule has 0 aliphatic carbocycles. The zero-order valence-electron chi connectivity index (χ0n) is 11.2. The zero-order valence-corrected chi connectivity index (χ0v) is 12.8.